The van der Waals surface area contributed by atoms with Crippen molar-refractivity contribution in [2.75, 3.05) is 0 Å². The fourth-order valence-corrected chi connectivity index (χ4v) is 7.55. The Balaban J connectivity index is 1.25. The molecule has 0 radical (unpaired) electrons. The van der Waals surface area contributed by atoms with E-state index in [-0.39, 0.29) is 0 Å². The SMILES string of the molecule is c1ccc2ncc(-c3c4ccccc4c(-c4ccc5c(c4)c4ccccc4n5-c4cnc5ccccc5c4)c4ccccc34)cc2c1. The standard InChI is InChI=1S/C44H27N3/c1-8-18-39-28(11-1)23-31(26-45-39)44-36-16-5-3-14-34(36)43(35-15-4-6-17-37(35)44)30-21-22-42-38(25-30)33-13-7-10-20-41(33)47(42)32-24-29-12-2-9-19-40(29)46-27-32/h1-27H. The molecule has 10 aromatic rings. The van der Waals surface area contributed by atoms with Gasteiger partial charge < -0.3 is 4.57 Å². The van der Waals surface area contributed by atoms with E-state index in [1.165, 1.54) is 60.0 Å². The van der Waals surface area contributed by atoms with Crippen LogP contribution in [0.1, 0.15) is 0 Å². The van der Waals surface area contributed by atoms with Crippen LogP contribution < -0.4 is 0 Å². The van der Waals surface area contributed by atoms with Gasteiger partial charge in [0, 0.05) is 33.3 Å². The summed E-state index contributed by atoms with van der Waals surface area (Å²) in [7, 11) is 0. The molecule has 0 aliphatic heterocycles. The van der Waals surface area contributed by atoms with Gasteiger partial charge in [-0.25, -0.2) is 0 Å². The number of fused-ring (bicyclic) bond motifs is 7. The van der Waals surface area contributed by atoms with Crippen LogP contribution in [0, 0.1) is 0 Å². The lowest BCUT2D eigenvalue weighted by molar-refractivity contribution is 1.16. The molecule has 0 spiro atoms. The van der Waals surface area contributed by atoms with Crippen molar-refractivity contribution in [2.24, 2.45) is 0 Å². The topological polar surface area (TPSA) is 30.7 Å². The van der Waals surface area contributed by atoms with Gasteiger partial charge in [-0.1, -0.05) is 109 Å². The van der Waals surface area contributed by atoms with Gasteiger partial charge in [-0.2, -0.15) is 0 Å². The third kappa shape index (κ3) is 3.93. The van der Waals surface area contributed by atoms with Gasteiger partial charge in [0.15, 0.2) is 0 Å². The van der Waals surface area contributed by atoms with Gasteiger partial charge >= 0.3 is 0 Å². The van der Waals surface area contributed by atoms with Gasteiger partial charge in [0.2, 0.25) is 0 Å². The van der Waals surface area contributed by atoms with E-state index in [9.17, 15) is 0 Å². The third-order valence-electron chi connectivity index (χ3n) is 9.61. The van der Waals surface area contributed by atoms with Gasteiger partial charge in [0.1, 0.15) is 0 Å². The minimum Gasteiger partial charge on any atom is -0.308 e. The minimum atomic E-state index is 1.00. The first kappa shape index (κ1) is 26.0. The number of hydrogen-bond donors (Lipinski definition) is 0. The first-order valence-electron chi connectivity index (χ1n) is 16.0. The van der Waals surface area contributed by atoms with Crippen LogP contribution in [0.25, 0.3) is 93.1 Å². The molecule has 0 unspecified atom stereocenters. The molecule has 47 heavy (non-hydrogen) atoms. The summed E-state index contributed by atoms with van der Waals surface area (Å²) in [6.45, 7) is 0. The average Bonchev–Trinajstić information content (AvgIpc) is 3.47. The van der Waals surface area contributed by atoms with Crippen molar-refractivity contribution < 1.29 is 0 Å². The molecule has 0 aliphatic rings. The number of para-hydroxylation sites is 3. The quantitative estimate of drug-likeness (QED) is 0.190. The van der Waals surface area contributed by atoms with Crippen molar-refractivity contribution in [3.63, 3.8) is 0 Å². The monoisotopic (exact) mass is 597 g/mol. The van der Waals surface area contributed by atoms with E-state index in [0.29, 0.717) is 0 Å². The van der Waals surface area contributed by atoms with Gasteiger partial charge in [-0.3, -0.25) is 9.97 Å². The molecule has 7 aromatic carbocycles. The van der Waals surface area contributed by atoms with E-state index >= 15 is 0 Å². The van der Waals surface area contributed by atoms with Crippen LogP contribution in [0.2, 0.25) is 0 Å². The highest BCUT2D eigenvalue weighted by Gasteiger charge is 2.19. The van der Waals surface area contributed by atoms with Crippen LogP contribution in [-0.2, 0) is 0 Å². The highest BCUT2D eigenvalue weighted by atomic mass is 15.0. The van der Waals surface area contributed by atoms with E-state index in [0.717, 1.165) is 33.1 Å². The molecule has 0 saturated carbocycles. The summed E-state index contributed by atoms with van der Waals surface area (Å²) in [5.74, 6) is 0. The van der Waals surface area contributed by atoms with Crippen molar-refractivity contribution in [3.05, 3.63) is 164 Å². The molecule has 0 saturated heterocycles. The Hall–Kier alpha value is -6.32. The van der Waals surface area contributed by atoms with Crippen molar-refractivity contribution in [2.45, 2.75) is 0 Å². The van der Waals surface area contributed by atoms with E-state index < -0.39 is 0 Å². The zero-order valence-corrected chi connectivity index (χ0v) is 25.4. The van der Waals surface area contributed by atoms with Crippen LogP contribution in [0.3, 0.4) is 0 Å². The Kier molecular flexibility index (Phi) is 5.57. The summed E-state index contributed by atoms with van der Waals surface area (Å²) in [6, 6.07) is 54.5. The van der Waals surface area contributed by atoms with Crippen LogP contribution in [0.5, 0.6) is 0 Å². The van der Waals surface area contributed by atoms with Crippen molar-refractivity contribution in [1.29, 1.82) is 0 Å². The summed E-state index contributed by atoms with van der Waals surface area (Å²) in [5.41, 5.74) is 10.2. The van der Waals surface area contributed by atoms with Gasteiger partial charge in [-0.05, 0) is 80.7 Å². The molecule has 0 bridgehead atoms. The van der Waals surface area contributed by atoms with Gasteiger partial charge in [0.05, 0.1) is 34.0 Å². The van der Waals surface area contributed by atoms with E-state index in [4.69, 9.17) is 9.97 Å². The van der Waals surface area contributed by atoms with Crippen molar-refractivity contribution in [3.8, 4) is 27.9 Å². The number of aromatic nitrogens is 3. The predicted octanol–water partition coefficient (Wildman–Crippen LogP) is 11.5. The summed E-state index contributed by atoms with van der Waals surface area (Å²) < 4.78 is 2.35. The summed E-state index contributed by atoms with van der Waals surface area (Å²) >= 11 is 0. The van der Waals surface area contributed by atoms with Gasteiger partial charge in [0.25, 0.3) is 0 Å². The van der Waals surface area contributed by atoms with Crippen LogP contribution >= 0.6 is 0 Å². The molecule has 3 heterocycles. The number of pyridine rings is 2. The number of rotatable bonds is 3. The molecule has 0 N–H and O–H groups in total. The Morgan fingerprint density at radius 1 is 0.362 bits per heavy atom. The molecule has 3 nitrogen and oxygen atoms in total. The first-order valence-corrected chi connectivity index (χ1v) is 16.0. The molecule has 3 aromatic heterocycles. The fourth-order valence-electron chi connectivity index (χ4n) is 7.55. The largest absolute Gasteiger partial charge is 0.308 e. The molecule has 10 rings (SSSR count). The molecular formula is C44H27N3. The van der Waals surface area contributed by atoms with Crippen LogP contribution in [0.4, 0.5) is 0 Å². The molecule has 0 amide bonds. The Morgan fingerprint density at radius 2 is 0.872 bits per heavy atom. The number of hydrogen-bond acceptors (Lipinski definition) is 2. The molecule has 0 aliphatic carbocycles. The maximum absolute atomic E-state index is 4.85. The Bertz CT molecular complexity index is 2800. The second kappa shape index (κ2) is 10.1. The summed E-state index contributed by atoms with van der Waals surface area (Å²) in [5, 5.41) is 9.64. The maximum Gasteiger partial charge on any atom is 0.0703 e. The Labute approximate surface area is 271 Å². The second-order valence-corrected chi connectivity index (χ2v) is 12.2. The lowest BCUT2D eigenvalue weighted by atomic mass is 9.86. The zero-order valence-electron chi connectivity index (χ0n) is 25.4. The predicted molar refractivity (Wildman–Crippen MR) is 197 cm³/mol. The molecule has 0 atom stereocenters. The molecule has 218 valence electrons. The van der Waals surface area contributed by atoms with E-state index in [1.54, 1.807) is 0 Å². The second-order valence-electron chi connectivity index (χ2n) is 12.2. The zero-order chi connectivity index (χ0) is 30.9. The average molecular weight is 598 g/mol. The lowest BCUT2D eigenvalue weighted by Crippen LogP contribution is -1.95. The third-order valence-corrected chi connectivity index (χ3v) is 9.61. The first-order chi connectivity index (χ1) is 23.3. The fraction of sp³-hybridized carbons (Fsp3) is 0. The molecular weight excluding hydrogens is 571 g/mol. The lowest BCUT2D eigenvalue weighted by Gasteiger charge is -2.18. The minimum absolute atomic E-state index is 1.00. The van der Waals surface area contributed by atoms with Crippen molar-refractivity contribution >= 4 is 65.2 Å². The summed E-state index contributed by atoms with van der Waals surface area (Å²) in [4.78, 5) is 9.66. The highest BCUT2D eigenvalue weighted by Crippen LogP contribution is 2.45. The maximum atomic E-state index is 4.85. The smallest absolute Gasteiger partial charge is 0.0703 e. The van der Waals surface area contributed by atoms with Gasteiger partial charge in [-0.15, -0.1) is 0 Å². The number of nitrogens with zero attached hydrogens (tertiary/aromatic N) is 3. The Morgan fingerprint density at radius 3 is 1.55 bits per heavy atom. The number of benzene rings is 7. The molecule has 3 heteroatoms. The summed E-state index contributed by atoms with van der Waals surface area (Å²) in [6.07, 6.45) is 4.02. The van der Waals surface area contributed by atoms with Crippen LogP contribution in [-0.4, -0.2) is 14.5 Å². The normalized spacial score (nSPS) is 11.8. The van der Waals surface area contributed by atoms with E-state index in [1.807, 2.05) is 24.5 Å². The van der Waals surface area contributed by atoms with Crippen LogP contribution in [0.15, 0.2) is 164 Å². The van der Waals surface area contributed by atoms with E-state index in [2.05, 4.69) is 144 Å². The van der Waals surface area contributed by atoms with Crippen molar-refractivity contribution in [1.82, 2.24) is 14.5 Å². The highest BCUT2D eigenvalue weighted by molar-refractivity contribution is 6.22. The molecule has 0 fully saturated rings.